The van der Waals surface area contributed by atoms with Gasteiger partial charge in [0.2, 0.25) is 11.8 Å². The number of nitrogens with one attached hydrogen (secondary N) is 2. The molecule has 0 aliphatic heterocycles. The van der Waals surface area contributed by atoms with Gasteiger partial charge in [-0.25, -0.2) is 4.79 Å². The lowest BCUT2D eigenvalue weighted by Crippen LogP contribution is -2.58. The molecule has 1 saturated carbocycles. The molecule has 3 N–H and O–H groups in total. The number of alkyl carbamates (subject to hydrolysis) is 1. The highest BCUT2D eigenvalue weighted by Crippen LogP contribution is 2.36. The standard InChI is InChI=1S/C25H37N3O7S/c1-5-34-20(30)13-14-26-22(31)21(17-11-6-7-12-19(17)29)28(16-9-8-10-16)23(32)18(15-36)27-24(33)35-25(2,3)4/h6-7,11-12,16,18,21,29,36H,5,8-10,13-15H2,1-4H3,(H,26,31)(H,27,33). The van der Waals surface area contributed by atoms with Crippen molar-refractivity contribution in [3.8, 4) is 5.75 Å². The number of phenolic OH excluding ortho intramolecular Hbond substituents is 1. The molecule has 0 heterocycles. The van der Waals surface area contributed by atoms with Crippen molar-refractivity contribution in [1.82, 2.24) is 15.5 Å². The number of amides is 3. The first-order valence-electron chi connectivity index (χ1n) is 12.1. The Morgan fingerprint density at radius 3 is 2.39 bits per heavy atom. The van der Waals surface area contributed by atoms with Crippen LogP contribution in [0.15, 0.2) is 24.3 Å². The minimum Gasteiger partial charge on any atom is -0.508 e. The summed E-state index contributed by atoms with van der Waals surface area (Å²) in [5.41, 5.74) is -0.527. The van der Waals surface area contributed by atoms with Crippen molar-refractivity contribution in [2.24, 2.45) is 0 Å². The van der Waals surface area contributed by atoms with Gasteiger partial charge in [-0.05, 0) is 53.0 Å². The lowest BCUT2D eigenvalue weighted by Gasteiger charge is -2.43. The van der Waals surface area contributed by atoms with E-state index in [2.05, 4.69) is 23.3 Å². The number of hydrogen-bond donors (Lipinski definition) is 4. The van der Waals surface area contributed by atoms with Gasteiger partial charge in [-0.3, -0.25) is 14.4 Å². The van der Waals surface area contributed by atoms with Gasteiger partial charge in [-0.1, -0.05) is 18.2 Å². The van der Waals surface area contributed by atoms with E-state index >= 15 is 0 Å². The molecule has 11 heteroatoms. The van der Waals surface area contributed by atoms with Crippen LogP contribution in [0.1, 0.15) is 65.0 Å². The van der Waals surface area contributed by atoms with E-state index in [9.17, 15) is 24.3 Å². The fraction of sp³-hybridized carbons (Fsp3) is 0.600. The van der Waals surface area contributed by atoms with Crippen molar-refractivity contribution in [3.63, 3.8) is 0 Å². The maximum Gasteiger partial charge on any atom is 0.408 e. The summed E-state index contributed by atoms with van der Waals surface area (Å²) in [7, 11) is 0. The number of rotatable bonds is 11. The average Bonchev–Trinajstić information content (AvgIpc) is 2.75. The lowest BCUT2D eigenvalue weighted by molar-refractivity contribution is -0.147. The second-order valence-electron chi connectivity index (χ2n) is 9.52. The van der Waals surface area contributed by atoms with E-state index in [1.807, 2.05) is 0 Å². The minimum absolute atomic E-state index is 0.000609. The fourth-order valence-electron chi connectivity index (χ4n) is 3.75. The molecule has 2 atom stereocenters. The van der Waals surface area contributed by atoms with E-state index in [4.69, 9.17) is 9.47 Å². The Kier molecular flexibility index (Phi) is 10.9. The molecule has 1 aliphatic rings. The van der Waals surface area contributed by atoms with Gasteiger partial charge in [-0.2, -0.15) is 12.6 Å². The molecule has 0 saturated heterocycles. The van der Waals surface area contributed by atoms with Crippen molar-refractivity contribution in [2.45, 2.75) is 77.1 Å². The third-order valence-electron chi connectivity index (χ3n) is 5.59. The summed E-state index contributed by atoms with van der Waals surface area (Å²) in [4.78, 5) is 52.7. The SMILES string of the molecule is CCOC(=O)CCNC(=O)C(c1ccccc1O)N(C(=O)C(CS)NC(=O)OC(C)(C)C)C1CCC1. The molecule has 2 unspecified atom stereocenters. The zero-order valence-corrected chi connectivity index (χ0v) is 22.2. The first-order valence-corrected chi connectivity index (χ1v) is 12.8. The van der Waals surface area contributed by atoms with Crippen molar-refractivity contribution >= 4 is 36.5 Å². The topological polar surface area (TPSA) is 134 Å². The van der Waals surface area contributed by atoms with E-state index in [1.54, 1.807) is 45.9 Å². The number of esters is 1. The van der Waals surface area contributed by atoms with Crippen LogP contribution in [0, 0.1) is 0 Å². The van der Waals surface area contributed by atoms with E-state index < -0.39 is 41.6 Å². The van der Waals surface area contributed by atoms with Crippen LogP contribution in [-0.4, -0.2) is 70.5 Å². The molecule has 1 fully saturated rings. The van der Waals surface area contributed by atoms with Gasteiger partial charge in [0.05, 0.1) is 13.0 Å². The van der Waals surface area contributed by atoms with Gasteiger partial charge >= 0.3 is 12.1 Å². The van der Waals surface area contributed by atoms with Gasteiger partial charge in [-0.15, -0.1) is 0 Å². The minimum atomic E-state index is -1.19. The van der Waals surface area contributed by atoms with Crippen LogP contribution in [0.4, 0.5) is 4.79 Å². The van der Waals surface area contributed by atoms with E-state index in [-0.39, 0.29) is 42.7 Å². The summed E-state index contributed by atoms with van der Waals surface area (Å²) in [6.07, 6.45) is 1.39. The molecule has 3 amide bonds. The van der Waals surface area contributed by atoms with Crippen LogP contribution >= 0.6 is 12.6 Å². The molecule has 1 aromatic rings. The second kappa shape index (κ2) is 13.4. The quantitative estimate of drug-likeness (QED) is 0.259. The molecule has 36 heavy (non-hydrogen) atoms. The highest BCUT2D eigenvalue weighted by molar-refractivity contribution is 7.80. The van der Waals surface area contributed by atoms with Gasteiger partial charge in [0, 0.05) is 23.9 Å². The van der Waals surface area contributed by atoms with Crippen molar-refractivity contribution in [3.05, 3.63) is 29.8 Å². The smallest absolute Gasteiger partial charge is 0.408 e. The maximum absolute atomic E-state index is 13.8. The van der Waals surface area contributed by atoms with E-state index in [1.165, 1.54) is 11.0 Å². The number of carbonyl (C=O) groups is 4. The number of para-hydroxylation sites is 1. The Labute approximate surface area is 217 Å². The van der Waals surface area contributed by atoms with Crippen molar-refractivity contribution in [2.75, 3.05) is 18.9 Å². The predicted molar refractivity (Wildman–Crippen MR) is 137 cm³/mol. The number of ether oxygens (including phenoxy) is 2. The Morgan fingerprint density at radius 2 is 1.86 bits per heavy atom. The van der Waals surface area contributed by atoms with Crippen LogP contribution < -0.4 is 10.6 Å². The highest BCUT2D eigenvalue weighted by atomic mass is 32.1. The summed E-state index contributed by atoms with van der Waals surface area (Å²) in [5.74, 6) is -1.71. The number of nitrogens with zero attached hydrogens (tertiary/aromatic N) is 1. The Morgan fingerprint density at radius 1 is 1.19 bits per heavy atom. The van der Waals surface area contributed by atoms with Crippen molar-refractivity contribution in [1.29, 1.82) is 0 Å². The monoisotopic (exact) mass is 523 g/mol. The molecular formula is C25H37N3O7S. The maximum atomic E-state index is 13.8. The van der Waals surface area contributed by atoms with Crippen LogP contribution in [0.25, 0.3) is 0 Å². The number of hydrogen-bond acceptors (Lipinski definition) is 8. The summed E-state index contributed by atoms with van der Waals surface area (Å²) >= 11 is 4.26. The van der Waals surface area contributed by atoms with Crippen LogP contribution in [0.5, 0.6) is 5.75 Å². The number of benzene rings is 1. The van der Waals surface area contributed by atoms with Crippen LogP contribution in [0.3, 0.4) is 0 Å². The van der Waals surface area contributed by atoms with Crippen molar-refractivity contribution < 1.29 is 33.8 Å². The number of aromatic hydroxyl groups is 1. The van der Waals surface area contributed by atoms with Crippen LogP contribution in [-0.2, 0) is 23.9 Å². The molecule has 0 aromatic heterocycles. The molecule has 0 spiro atoms. The summed E-state index contributed by atoms with van der Waals surface area (Å²) in [5, 5.41) is 15.8. The van der Waals surface area contributed by atoms with E-state index in [0.29, 0.717) is 12.8 Å². The molecule has 0 radical (unpaired) electrons. The summed E-state index contributed by atoms with van der Waals surface area (Å²) in [6, 6.07) is 3.75. The molecule has 2 rings (SSSR count). The van der Waals surface area contributed by atoms with Gasteiger partial charge in [0.25, 0.3) is 0 Å². The normalized spacial score (nSPS) is 15.1. The summed E-state index contributed by atoms with van der Waals surface area (Å²) < 4.78 is 10.2. The lowest BCUT2D eigenvalue weighted by atomic mass is 9.88. The highest BCUT2D eigenvalue weighted by Gasteiger charge is 2.42. The molecular weight excluding hydrogens is 486 g/mol. The Balaban J connectivity index is 2.36. The largest absolute Gasteiger partial charge is 0.508 e. The number of thiol groups is 1. The van der Waals surface area contributed by atoms with Gasteiger partial charge in [0.1, 0.15) is 23.4 Å². The average molecular weight is 524 g/mol. The fourth-order valence-corrected chi connectivity index (χ4v) is 4.00. The van der Waals surface area contributed by atoms with Gasteiger partial charge in [0.15, 0.2) is 0 Å². The molecule has 0 bridgehead atoms. The third kappa shape index (κ3) is 8.32. The predicted octanol–water partition coefficient (Wildman–Crippen LogP) is 2.71. The first kappa shape index (κ1) is 29.3. The van der Waals surface area contributed by atoms with Gasteiger partial charge < -0.3 is 30.1 Å². The summed E-state index contributed by atoms with van der Waals surface area (Å²) in [6.45, 7) is 7.04. The third-order valence-corrected chi connectivity index (χ3v) is 5.95. The van der Waals surface area contributed by atoms with Crippen LogP contribution in [0.2, 0.25) is 0 Å². The molecule has 200 valence electrons. The zero-order chi connectivity index (χ0) is 26.9. The second-order valence-corrected chi connectivity index (χ2v) is 9.88. The number of phenols is 1. The Hall–Kier alpha value is -2.95. The molecule has 1 aromatic carbocycles. The van der Waals surface area contributed by atoms with E-state index in [0.717, 1.165) is 6.42 Å². The zero-order valence-electron chi connectivity index (χ0n) is 21.3. The Bertz CT molecular complexity index is 930. The molecule has 1 aliphatic carbocycles. The number of carbonyl (C=O) groups excluding carboxylic acids is 4. The molecule has 10 nitrogen and oxygen atoms in total. The first-order chi connectivity index (χ1) is 17.0.